The molecule has 1 N–H and O–H groups in total. The summed E-state index contributed by atoms with van der Waals surface area (Å²) >= 11 is 9.30. The molecule has 0 aliphatic rings. The molecule has 1 aromatic rings. The second-order valence-corrected chi connectivity index (χ2v) is 4.97. The molecule has 0 fully saturated rings. The summed E-state index contributed by atoms with van der Waals surface area (Å²) in [6.45, 7) is 2.08. The standard InChI is InChI=1S/C11H16BrClN2/c1-15(2)7-3-6-14-9-4-5-11(13)10(12)8-9/h4-5,8,14H,3,6-7H2,1-2H3. The molecule has 0 unspecified atom stereocenters. The Kier molecular flexibility index (Phi) is 5.43. The van der Waals surface area contributed by atoms with Crippen molar-refractivity contribution in [2.24, 2.45) is 0 Å². The number of rotatable bonds is 5. The van der Waals surface area contributed by atoms with Gasteiger partial charge in [-0.2, -0.15) is 0 Å². The van der Waals surface area contributed by atoms with E-state index in [1.807, 2.05) is 18.2 Å². The van der Waals surface area contributed by atoms with Crippen LogP contribution in [0.25, 0.3) is 0 Å². The van der Waals surface area contributed by atoms with E-state index in [2.05, 4.69) is 40.2 Å². The van der Waals surface area contributed by atoms with Gasteiger partial charge >= 0.3 is 0 Å². The van der Waals surface area contributed by atoms with E-state index in [0.717, 1.165) is 34.7 Å². The third kappa shape index (κ3) is 4.87. The SMILES string of the molecule is CN(C)CCCNc1ccc(Cl)c(Br)c1. The molecule has 1 aromatic carbocycles. The van der Waals surface area contributed by atoms with Crippen molar-refractivity contribution in [2.45, 2.75) is 6.42 Å². The third-order valence-electron chi connectivity index (χ3n) is 2.03. The van der Waals surface area contributed by atoms with Gasteiger partial charge in [-0.05, 0) is 61.2 Å². The van der Waals surface area contributed by atoms with Gasteiger partial charge in [-0.3, -0.25) is 0 Å². The van der Waals surface area contributed by atoms with Crippen molar-refractivity contribution in [3.05, 3.63) is 27.7 Å². The van der Waals surface area contributed by atoms with Crippen LogP contribution in [0.5, 0.6) is 0 Å². The van der Waals surface area contributed by atoms with Gasteiger partial charge in [0.2, 0.25) is 0 Å². The summed E-state index contributed by atoms with van der Waals surface area (Å²) < 4.78 is 0.932. The Morgan fingerprint density at radius 3 is 2.73 bits per heavy atom. The van der Waals surface area contributed by atoms with Crippen LogP contribution in [0.1, 0.15) is 6.42 Å². The molecule has 0 amide bonds. The highest BCUT2D eigenvalue weighted by Crippen LogP contribution is 2.25. The summed E-state index contributed by atoms with van der Waals surface area (Å²) in [7, 11) is 4.16. The number of nitrogens with one attached hydrogen (secondary N) is 1. The van der Waals surface area contributed by atoms with Crippen molar-refractivity contribution in [3.8, 4) is 0 Å². The highest BCUT2D eigenvalue weighted by molar-refractivity contribution is 9.10. The van der Waals surface area contributed by atoms with E-state index in [4.69, 9.17) is 11.6 Å². The van der Waals surface area contributed by atoms with Crippen LogP contribution in [0.2, 0.25) is 5.02 Å². The topological polar surface area (TPSA) is 15.3 Å². The highest BCUT2D eigenvalue weighted by Gasteiger charge is 1.98. The molecule has 0 bridgehead atoms. The van der Waals surface area contributed by atoms with Crippen molar-refractivity contribution >= 4 is 33.2 Å². The molecule has 1 rings (SSSR count). The fourth-order valence-corrected chi connectivity index (χ4v) is 1.73. The molecule has 0 spiro atoms. The number of anilines is 1. The first-order valence-electron chi connectivity index (χ1n) is 4.93. The summed E-state index contributed by atoms with van der Waals surface area (Å²) in [6, 6.07) is 5.88. The summed E-state index contributed by atoms with van der Waals surface area (Å²) in [4.78, 5) is 2.18. The summed E-state index contributed by atoms with van der Waals surface area (Å²) in [5.74, 6) is 0. The van der Waals surface area contributed by atoms with Crippen LogP contribution in [0.15, 0.2) is 22.7 Å². The number of nitrogens with zero attached hydrogens (tertiary/aromatic N) is 1. The lowest BCUT2D eigenvalue weighted by atomic mass is 10.3. The maximum atomic E-state index is 5.90. The van der Waals surface area contributed by atoms with Crippen LogP contribution in [-0.4, -0.2) is 32.1 Å². The van der Waals surface area contributed by atoms with E-state index in [-0.39, 0.29) is 0 Å². The molecule has 0 atom stereocenters. The molecule has 0 saturated carbocycles. The fraction of sp³-hybridized carbons (Fsp3) is 0.455. The first kappa shape index (κ1) is 12.8. The van der Waals surface area contributed by atoms with Gasteiger partial charge in [0.1, 0.15) is 0 Å². The van der Waals surface area contributed by atoms with E-state index in [9.17, 15) is 0 Å². The molecule has 0 radical (unpaired) electrons. The Morgan fingerprint density at radius 2 is 2.13 bits per heavy atom. The second-order valence-electron chi connectivity index (χ2n) is 3.71. The Hall–Kier alpha value is -0.250. The zero-order valence-electron chi connectivity index (χ0n) is 9.06. The summed E-state index contributed by atoms with van der Waals surface area (Å²) in [5.41, 5.74) is 1.10. The number of hydrogen-bond acceptors (Lipinski definition) is 2. The maximum absolute atomic E-state index is 5.90. The van der Waals surface area contributed by atoms with Crippen LogP contribution in [0.3, 0.4) is 0 Å². The Morgan fingerprint density at radius 1 is 1.40 bits per heavy atom. The van der Waals surface area contributed by atoms with Crippen molar-refractivity contribution in [2.75, 3.05) is 32.5 Å². The number of halogens is 2. The molecule has 4 heteroatoms. The monoisotopic (exact) mass is 290 g/mol. The smallest absolute Gasteiger partial charge is 0.0549 e. The fourth-order valence-electron chi connectivity index (χ4n) is 1.23. The zero-order valence-corrected chi connectivity index (χ0v) is 11.4. The molecular formula is C11H16BrClN2. The molecule has 0 aliphatic carbocycles. The molecule has 84 valence electrons. The molecule has 0 aromatic heterocycles. The van der Waals surface area contributed by atoms with Crippen molar-refractivity contribution in [1.82, 2.24) is 4.90 Å². The highest BCUT2D eigenvalue weighted by atomic mass is 79.9. The predicted octanol–water partition coefficient (Wildman–Crippen LogP) is 3.47. The number of hydrogen-bond donors (Lipinski definition) is 1. The lowest BCUT2D eigenvalue weighted by Gasteiger charge is -2.11. The van der Waals surface area contributed by atoms with Crippen LogP contribution < -0.4 is 5.32 Å². The van der Waals surface area contributed by atoms with Gasteiger partial charge in [-0.25, -0.2) is 0 Å². The molecule has 0 heterocycles. The lowest BCUT2D eigenvalue weighted by Crippen LogP contribution is -2.16. The van der Waals surface area contributed by atoms with E-state index in [0.29, 0.717) is 0 Å². The van der Waals surface area contributed by atoms with E-state index in [1.165, 1.54) is 0 Å². The largest absolute Gasteiger partial charge is 0.385 e. The van der Waals surface area contributed by atoms with Gasteiger partial charge in [0.15, 0.2) is 0 Å². The number of benzene rings is 1. The summed E-state index contributed by atoms with van der Waals surface area (Å²) in [6.07, 6.45) is 1.13. The third-order valence-corrected chi connectivity index (χ3v) is 3.24. The van der Waals surface area contributed by atoms with Crippen molar-refractivity contribution in [3.63, 3.8) is 0 Å². The Bertz CT molecular complexity index is 315. The van der Waals surface area contributed by atoms with E-state index >= 15 is 0 Å². The molecule has 15 heavy (non-hydrogen) atoms. The predicted molar refractivity (Wildman–Crippen MR) is 70.8 cm³/mol. The molecule has 0 saturated heterocycles. The van der Waals surface area contributed by atoms with E-state index < -0.39 is 0 Å². The second kappa shape index (κ2) is 6.36. The Labute approximate surface area is 105 Å². The van der Waals surface area contributed by atoms with Crippen molar-refractivity contribution in [1.29, 1.82) is 0 Å². The average Bonchev–Trinajstić information content (AvgIpc) is 2.18. The maximum Gasteiger partial charge on any atom is 0.0549 e. The van der Waals surface area contributed by atoms with Gasteiger partial charge < -0.3 is 10.2 Å². The van der Waals surface area contributed by atoms with Crippen molar-refractivity contribution < 1.29 is 0 Å². The van der Waals surface area contributed by atoms with E-state index in [1.54, 1.807) is 0 Å². The minimum atomic E-state index is 0.744. The minimum Gasteiger partial charge on any atom is -0.385 e. The Balaban J connectivity index is 2.35. The van der Waals surface area contributed by atoms with Crippen LogP contribution in [-0.2, 0) is 0 Å². The first-order valence-corrected chi connectivity index (χ1v) is 6.10. The minimum absolute atomic E-state index is 0.744. The first-order chi connectivity index (χ1) is 7.09. The quantitative estimate of drug-likeness (QED) is 0.836. The molecule has 0 aliphatic heterocycles. The van der Waals surface area contributed by atoms with Gasteiger partial charge in [-0.1, -0.05) is 11.6 Å². The van der Waals surface area contributed by atoms with Gasteiger partial charge in [0.05, 0.1) is 5.02 Å². The zero-order chi connectivity index (χ0) is 11.3. The van der Waals surface area contributed by atoms with Crippen LogP contribution >= 0.6 is 27.5 Å². The molecular weight excluding hydrogens is 275 g/mol. The van der Waals surface area contributed by atoms with Gasteiger partial charge in [-0.15, -0.1) is 0 Å². The summed E-state index contributed by atoms with van der Waals surface area (Å²) in [5, 5.41) is 4.10. The average molecular weight is 292 g/mol. The van der Waals surface area contributed by atoms with Gasteiger partial charge in [0.25, 0.3) is 0 Å². The van der Waals surface area contributed by atoms with Crippen LogP contribution in [0.4, 0.5) is 5.69 Å². The van der Waals surface area contributed by atoms with Gasteiger partial charge in [0, 0.05) is 16.7 Å². The molecule has 2 nitrogen and oxygen atoms in total. The lowest BCUT2D eigenvalue weighted by molar-refractivity contribution is 0.405. The van der Waals surface area contributed by atoms with Crippen LogP contribution in [0, 0.1) is 0 Å². The normalized spacial score (nSPS) is 10.7.